The lowest BCUT2D eigenvalue weighted by Gasteiger charge is -2.06. The number of carbonyl (C=O) groups excluding carboxylic acids is 1. The zero-order valence-corrected chi connectivity index (χ0v) is 12.3. The van der Waals surface area contributed by atoms with Crippen LogP contribution in [-0.2, 0) is 6.42 Å². The summed E-state index contributed by atoms with van der Waals surface area (Å²) in [6.45, 7) is 4.36. The molecule has 3 rings (SSSR count). The molecule has 2 aromatic heterocycles. The summed E-state index contributed by atoms with van der Waals surface area (Å²) in [7, 11) is 0. The predicted octanol–water partition coefficient (Wildman–Crippen LogP) is 3.86. The zero-order chi connectivity index (χ0) is 14.8. The first kappa shape index (κ1) is 13.6. The van der Waals surface area contributed by atoms with Gasteiger partial charge < -0.3 is 0 Å². The van der Waals surface area contributed by atoms with Gasteiger partial charge in [0.15, 0.2) is 6.29 Å². The largest absolute Gasteiger partial charge is 0.297 e. The molecule has 0 spiro atoms. The van der Waals surface area contributed by atoms with Gasteiger partial charge in [0.2, 0.25) is 0 Å². The number of pyridine rings is 1. The van der Waals surface area contributed by atoms with Crippen molar-refractivity contribution in [3.63, 3.8) is 0 Å². The van der Waals surface area contributed by atoms with Crippen molar-refractivity contribution < 1.29 is 4.79 Å². The molecule has 3 nitrogen and oxygen atoms in total. The molecule has 3 aromatic rings. The molecule has 0 aliphatic carbocycles. The van der Waals surface area contributed by atoms with Crippen LogP contribution < -0.4 is 0 Å². The summed E-state index contributed by atoms with van der Waals surface area (Å²) in [5.41, 5.74) is 4.77. The average Bonchev–Trinajstić information content (AvgIpc) is 2.84. The third-order valence-corrected chi connectivity index (χ3v) is 3.77. The van der Waals surface area contributed by atoms with Gasteiger partial charge in [-0.3, -0.25) is 9.20 Å². The van der Waals surface area contributed by atoms with E-state index in [1.165, 1.54) is 11.1 Å². The molecule has 106 valence electrons. The second-order valence-electron chi connectivity index (χ2n) is 5.56. The molecule has 21 heavy (non-hydrogen) atoms. The fourth-order valence-electron chi connectivity index (χ4n) is 2.53. The van der Waals surface area contributed by atoms with Gasteiger partial charge in [-0.25, -0.2) is 4.98 Å². The number of benzene rings is 1. The third-order valence-electron chi connectivity index (χ3n) is 3.77. The van der Waals surface area contributed by atoms with E-state index in [0.29, 0.717) is 18.0 Å². The maximum Gasteiger partial charge on any atom is 0.168 e. The number of hydrogen-bond donors (Lipinski definition) is 0. The SMILES string of the molecule is CC(C)c1ccc(Cc2nc3ccccn3c2C=O)cc1. The van der Waals surface area contributed by atoms with E-state index in [9.17, 15) is 4.79 Å². The lowest BCUT2D eigenvalue weighted by molar-refractivity contribution is 0.111. The minimum Gasteiger partial charge on any atom is -0.297 e. The lowest BCUT2D eigenvalue weighted by atomic mass is 10.00. The van der Waals surface area contributed by atoms with Crippen LogP contribution in [0.2, 0.25) is 0 Å². The van der Waals surface area contributed by atoms with Crippen LogP contribution in [-0.4, -0.2) is 15.7 Å². The van der Waals surface area contributed by atoms with Gasteiger partial charge >= 0.3 is 0 Å². The van der Waals surface area contributed by atoms with Crippen LogP contribution in [0.1, 0.15) is 47.1 Å². The lowest BCUT2D eigenvalue weighted by Crippen LogP contribution is -1.97. The van der Waals surface area contributed by atoms with Gasteiger partial charge in [-0.05, 0) is 29.2 Å². The van der Waals surface area contributed by atoms with Crippen molar-refractivity contribution in [1.29, 1.82) is 0 Å². The molecule has 1 aromatic carbocycles. The normalized spacial score (nSPS) is 11.2. The number of fused-ring (bicyclic) bond motifs is 1. The molecule has 0 saturated heterocycles. The molecule has 0 aliphatic rings. The summed E-state index contributed by atoms with van der Waals surface area (Å²) in [6, 6.07) is 14.3. The highest BCUT2D eigenvalue weighted by Crippen LogP contribution is 2.18. The van der Waals surface area contributed by atoms with Crippen LogP contribution in [0.4, 0.5) is 0 Å². The van der Waals surface area contributed by atoms with Crippen LogP contribution in [0.5, 0.6) is 0 Å². The van der Waals surface area contributed by atoms with Gasteiger partial charge in [-0.1, -0.05) is 44.2 Å². The van der Waals surface area contributed by atoms with E-state index in [1.807, 2.05) is 28.8 Å². The molecule has 0 atom stereocenters. The van der Waals surface area contributed by atoms with E-state index in [-0.39, 0.29) is 0 Å². The Bertz CT molecular complexity index is 770. The summed E-state index contributed by atoms with van der Waals surface area (Å²) >= 11 is 0. The van der Waals surface area contributed by atoms with Gasteiger partial charge in [0, 0.05) is 12.6 Å². The standard InChI is InChI=1S/C18H18N2O/c1-13(2)15-8-6-14(7-9-15)11-16-17(12-21)20-10-4-3-5-18(20)19-16/h3-10,12-13H,11H2,1-2H3. The van der Waals surface area contributed by atoms with E-state index in [4.69, 9.17) is 0 Å². The maximum atomic E-state index is 11.4. The molecule has 2 heterocycles. The van der Waals surface area contributed by atoms with Crippen molar-refractivity contribution in [2.75, 3.05) is 0 Å². The van der Waals surface area contributed by atoms with Crippen molar-refractivity contribution in [1.82, 2.24) is 9.38 Å². The number of nitrogens with zero attached hydrogens (tertiary/aromatic N) is 2. The first-order chi connectivity index (χ1) is 10.2. The van der Waals surface area contributed by atoms with Crippen LogP contribution in [0.3, 0.4) is 0 Å². The molecular weight excluding hydrogens is 260 g/mol. The number of aromatic nitrogens is 2. The number of aldehydes is 1. The predicted molar refractivity (Wildman–Crippen MR) is 83.9 cm³/mol. The number of rotatable bonds is 4. The number of imidazole rings is 1. The second kappa shape index (κ2) is 5.52. The zero-order valence-electron chi connectivity index (χ0n) is 12.3. The van der Waals surface area contributed by atoms with E-state index < -0.39 is 0 Å². The highest BCUT2D eigenvalue weighted by Gasteiger charge is 2.11. The molecule has 0 fully saturated rings. The molecule has 0 amide bonds. The van der Waals surface area contributed by atoms with E-state index >= 15 is 0 Å². The number of hydrogen-bond acceptors (Lipinski definition) is 2. The van der Waals surface area contributed by atoms with E-state index in [0.717, 1.165) is 17.6 Å². The topological polar surface area (TPSA) is 34.4 Å². The van der Waals surface area contributed by atoms with Gasteiger partial charge in [0.25, 0.3) is 0 Å². The van der Waals surface area contributed by atoms with E-state index in [2.05, 4.69) is 43.1 Å². The van der Waals surface area contributed by atoms with Crippen LogP contribution in [0.15, 0.2) is 48.7 Å². The smallest absolute Gasteiger partial charge is 0.168 e. The monoisotopic (exact) mass is 278 g/mol. The van der Waals surface area contributed by atoms with Gasteiger partial charge in [-0.15, -0.1) is 0 Å². The minimum atomic E-state index is 0.528. The van der Waals surface area contributed by atoms with Gasteiger partial charge in [-0.2, -0.15) is 0 Å². The Balaban J connectivity index is 1.95. The Kier molecular flexibility index (Phi) is 3.57. The highest BCUT2D eigenvalue weighted by molar-refractivity contribution is 5.76. The summed E-state index contributed by atoms with van der Waals surface area (Å²) in [5, 5.41) is 0. The molecule has 0 N–H and O–H groups in total. The third kappa shape index (κ3) is 2.59. The van der Waals surface area contributed by atoms with Crippen LogP contribution in [0, 0.1) is 0 Å². The molecule has 0 aliphatic heterocycles. The average molecular weight is 278 g/mol. The summed E-state index contributed by atoms with van der Waals surface area (Å²) in [5.74, 6) is 0.528. The second-order valence-corrected chi connectivity index (χ2v) is 5.56. The molecule has 0 unspecified atom stereocenters. The number of carbonyl (C=O) groups is 1. The Morgan fingerprint density at radius 3 is 2.57 bits per heavy atom. The van der Waals surface area contributed by atoms with Crippen molar-refractivity contribution in [2.24, 2.45) is 0 Å². The highest BCUT2D eigenvalue weighted by atomic mass is 16.1. The summed E-state index contributed by atoms with van der Waals surface area (Å²) in [4.78, 5) is 15.9. The molecule has 0 radical (unpaired) electrons. The molecule has 0 saturated carbocycles. The van der Waals surface area contributed by atoms with Crippen molar-refractivity contribution in [3.05, 3.63) is 71.2 Å². The molecule has 3 heteroatoms. The van der Waals surface area contributed by atoms with E-state index in [1.54, 1.807) is 0 Å². The van der Waals surface area contributed by atoms with Gasteiger partial charge in [0.05, 0.1) is 5.69 Å². The Morgan fingerprint density at radius 2 is 1.90 bits per heavy atom. The molecular formula is C18H18N2O. The Morgan fingerprint density at radius 1 is 1.14 bits per heavy atom. The van der Waals surface area contributed by atoms with Crippen molar-refractivity contribution in [3.8, 4) is 0 Å². The summed E-state index contributed by atoms with van der Waals surface area (Å²) in [6.07, 6.45) is 3.43. The molecule has 0 bridgehead atoms. The van der Waals surface area contributed by atoms with Crippen molar-refractivity contribution in [2.45, 2.75) is 26.2 Å². The fraction of sp³-hybridized carbons (Fsp3) is 0.222. The minimum absolute atomic E-state index is 0.528. The van der Waals surface area contributed by atoms with Crippen LogP contribution >= 0.6 is 0 Å². The first-order valence-corrected chi connectivity index (χ1v) is 7.19. The van der Waals surface area contributed by atoms with Crippen LogP contribution in [0.25, 0.3) is 5.65 Å². The Hall–Kier alpha value is -2.42. The summed E-state index contributed by atoms with van der Waals surface area (Å²) < 4.78 is 1.84. The first-order valence-electron chi connectivity index (χ1n) is 7.19. The fourth-order valence-corrected chi connectivity index (χ4v) is 2.53. The maximum absolute atomic E-state index is 11.4. The van der Waals surface area contributed by atoms with Crippen molar-refractivity contribution >= 4 is 11.9 Å². The Labute approximate surface area is 124 Å². The quantitative estimate of drug-likeness (QED) is 0.679. The van der Waals surface area contributed by atoms with Gasteiger partial charge in [0.1, 0.15) is 11.3 Å².